The minimum Gasteiger partial charge on any atom is -0.370 e. The molecule has 1 N–H and O–H groups in total. The third-order valence-electron chi connectivity index (χ3n) is 6.31. The van der Waals surface area contributed by atoms with Gasteiger partial charge in [0.1, 0.15) is 0 Å². The highest BCUT2D eigenvalue weighted by Gasteiger charge is 2.45. The maximum atomic E-state index is 6.57. The SMILES string of the molecule is CC1(C)CN(CC2CCC3(CCCC3)O2)C(C2CC2)CN1. The predicted octanol–water partition coefficient (Wildman–Crippen LogP) is 2.94. The van der Waals surface area contributed by atoms with Crippen molar-refractivity contribution in [3.63, 3.8) is 0 Å². The largest absolute Gasteiger partial charge is 0.370 e. The standard InChI is InChI=1S/C18H32N2O/c1-17(2)13-20(16(11-19-17)14-5-6-14)12-15-7-10-18(21-15)8-3-4-9-18/h14-16,19H,3-13H2,1-2H3. The van der Waals surface area contributed by atoms with E-state index in [1.54, 1.807) is 0 Å². The van der Waals surface area contributed by atoms with Crippen molar-refractivity contribution in [2.24, 2.45) is 5.92 Å². The lowest BCUT2D eigenvalue weighted by Crippen LogP contribution is -2.63. The van der Waals surface area contributed by atoms with Crippen LogP contribution in [0.25, 0.3) is 0 Å². The van der Waals surface area contributed by atoms with Gasteiger partial charge >= 0.3 is 0 Å². The van der Waals surface area contributed by atoms with Gasteiger partial charge in [0.05, 0.1) is 11.7 Å². The Hall–Kier alpha value is -0.120. The number of nitrogens with one attached hydrogen (secondary N) is 1. The molecule has 2 saturated heterocycles. The summed E-state index contributed by atoms with van der Waals surface area (Å²) in [4.78, 5) is 2.77. The number of hydrogen-bond donors (Lipinski definition) is 1. The molecule has 3 heteroatoms. The molecule has 2 unspecified atom stereocenters. The zero-order valence-corrected chi connectivity index (χ0v) is 13.9. The first-order chi connectivity index (χ1) is 10.1. The van der Waals surface area contributed by atoms with Gasteiger partial charge in [-0.05, 0) is 58.3 Å². The molecule has 21 heavy (non-hydrogen) atoms. The minimum absolute atomic E-state index is 0.259. The first-order valence-corrected chi connectivity index (χ1v) is 9.22. The van der Waals surface area contributed by atoms with Crippen LogP contribution >= 0.6 is 0 Å². The Morgan fingerprint density at radius 3 is 2.57 bits per heavy atom. The molecule has 120 valence electrons. The summed E-state index contributed by atoms with van der Waals surface area (Å²) in [5.41, 5.74) is 0.554. The van der Waals surface area contributed by atoms with Crippen molar-refractivity contribution in [2.75, 3.05) is 19.6 Å². The van der Waals surface area contributed by atoms with Crippen LogP contribution in [-0.4, -0.2) is 47.8 Å². The van der Waals surface area contributed by atoms with Gasteiger partial charge in [-0.3, -0.25) is 4.90 Å². The maximum absolute atomic E-state index is 6.57. The highest BCUT2D eigenvalue weighted by atomic mass is 16.5. The highest BCUT2D eigenvalue weighted by Crippen LogP contribution is 2.44. The van der Waals surface area contributed by atoms with E-state index in [2.05, 4.69) is 24.1 Å². The Labute approximate surface area is 129 Å². The van der Waals surface area contributed by atoms with Gasteiger partial charge in [-0.2, -0.15) is 0 Å². The zero-order chi connectivity index (χ0) is 14.5. The van der Waals surface area contributed by atoms with Gasteiger partial charge in [0.15, 0.2) is 0 Å². The van der Waals surface area contributed by atoms with Crippen LogP contribution in [0.5, 0.6) is 0 Å². The summed E-state index contributed by atoms with van der Waals surface area (Å²) in [6, 6.07) is 0.766. The normalized spacial score (nSPS) is 39.1. The van der Waals surface area contributed by atoms with Crippen molar-refractivity contribution in [2.45, 2.75) is 88.5 Å². The molecular formula is C18H32N2O. The number of rotatable bonds is 3. The first kappa shape index (κ1) is 14.5. The molecule has 2 saturated carbocycles. The molecule has 2 heterocycles. The average Bonchev–Trinajstić information content (AvgIpc) is 3.04. The summed E-state index contributed by atoms with van der Waals surface area (Å²) in [6.07, 6.45) is 11.4. The van der Waals surface area contributed by atoms with E-state index in [4.69, 9.17) is 4.74 Å². The molecule has 0 aromatic carbocycles. The molecule has 4 aliphatic rings. The first-order valence-electron chi connectivity index (χ1n) is 9.22. The number of piperazine rings is 1. The van der Waals surface area contributed by atoms with E-state index < -0.39 is 0 Å². The van der Waals surface area contributed by atoms with E-state index in [0.29, 0.717) is 11.7 Å². The molecule has 0 aromatic rings. The Kier molecular flexibility index (Phi) is 3.59. The van der Waals surface area contributed by atoms with E-state index in [9.17, 15) is 0 Å². The Morgan fingerprint density at radius 2 is 1.86 bits per heavy atom. The number of hydrogen-bond acceptors (Lipinski definition) is 3. The monoisotopic (exact) mass is 292 g/mol. The highest BCUT2D eigenvalue weighted by molar-refractivity contribution is 5.00. The predicted molar refractivity (Wildman–Crippen MR) is 85.5 cm³/mol. The third-order valence-corrected chi connectivity index (χ3v) is 6.31. The van der Waals surface area contributed by atoms with Gasteiger partial charge in [-0.25, -0.2) is 0 Å². The van der Waals surface area contributed by atoms with Crippen molar-refractivity contribution in [3.05, 3.63) is 0 Å². The topological polar surface area (TPSA) is 24.5 Å². The number of ether oxygens (including phenoxy) is 1. The van der Waals surface area contributed by atoms with Crippen molar-refractivity contribution < 1.29 is 4.74 Å². The lowest BCUT2D eigenvalue weighted by Gasteiger charge is -2.46. The number of nitrogens with zero attached hydrogens (tertiary/aromatic N) is 1. The van der Waals surface area contributed by atoms with Crippen molar-refractivity contribution in [3.8, 4) is 0 Å². The fourth-order valence-corrected chi connectivity index (χ4v) is 5.01. The van der Waals surface area contributed by atoms with Gasteiger partial charge in [0, 0.05) is 31.2 Å². The van der Waals surface area contributed by atoms with Gasteiger partial charge in [0.2, 0.25) is 0 Å². The van der Waals surface area contributed by atoms with Crippen LogP contribution in [0.15, 0.2) is 0 Å². The smallest absolute Gasteiger partial charge is 0.0710 e. The molecule has 2 aliphatic heterocycles. The molecule has 0 aromatic heterocycles. The summed E-state index contributed by atoms with van der Waals surface area (Å²) >= 11 is 0. The van der Waals surface area contributed by atoms with Crippen LogP contribution in [0, 0.1) is 5.92 Å². The molecule has 2 aliphatic carbocycles. The minimum atomic E-state index is 0.259. The van der Waals surface area contributed by atoms with Gasteiger partial charge in [0.25, 0.3) is 0 Å². The summed E-state index contributed by atoms with van der Waals surface area (Å²) in [5.74, 6) is 0.954. The van der Waals surface area contributed by atoms with E-state index in [0.717, 1.165) is 12.0 Å². The second kappa shape index (κ2) is 5.21. The Morgan fingerprint density at radius 1 is 1.10 bits per heavy atom. The molecule has 0 bridgehead atoms. The van der Waals surface area contributed by atoms with Gasteiger partial charge in [-0.1, -0.05) is 12.8 Å². The average molecular weight is 292 g/mol. The summed E-state index contributed by atoms with van der Waals surface area (Å²) < 4.78 is 6.57. The molecule has 0 radical (unpaired) electrons. The summed E-state index contributed by atoms with van der Waals surface area (Å²) in [5, 5.41) is 3.75. The molecule has 4 fully saturated rings. The second-order valence-electron chi connectivity index (χ2n) is 8.77. The van der Waals surface area contributed by atoms with E-state index in [1.165, 1.54) is 71.0 Å². The second-order valence-corrected chi connectivity index (χ2v) is 8.77. The molecule has 0 amide bonds. The van der Waals surface area contributed by atoms with Crippen LogP contribution in [0.1, 0.15) is 65.2 Å². The molecule has 1 spiro atoms. The third kappa shape index (κ3) is 3.02. The molecule has 3 nitrogen and oxygen atoms in total. The summed E-state index contributed by atoms with van der Waals surface area (Å²) in [7, 11) is 0. The van der Waals surface area contributed by atoms with Crippen LogP contribution in [0.2, 0.25) is 0 Å². The van der Waals surface area contributed by atoms with E-state index in [-0.39, 0.29) is 5.54 Å². The molecule has 2 atom stereocenters. The van der Waals surface area contributed by atoms with E-state index >= 15 is 0 Å². The zero-order valence-electron chi connectivity index (χ0n) is 13.9. The van der Waals surface area contributed by atoms with Gasteiger partial charge < -0.3 is 10.1 Å². The van der Waals surface area contributed by atoms with Crippen molar-refractivity contribution in [1.82, 2.24) is 10.2 Å². The van der Waals surface area contributed by atoms with Gasteiger partial charge in [-0.15, -0.1) is 0 Å². The quantitative estimate of drug-likeness (QED) is 0.865. The van der Waals surface area contributed by atoms with Crippen LogP contribution in [0.4, 0.5) is 0 Å². The molecular weight excluding hydrogens is 260 g/mol. The van der Waals surface area contributed by atoms with Crippen LogP contribution in [0.3, 0.4) is 0 Å². The van der Waals surface area contributed by atoms with E-state index in [1.807, 2.05) is 0 Å². The van der Waals surface area contributed by atoms with Crippen LogP contribution in [-0.2, 0) is 4.74 Å². The van der Waals surface area contributed by atoms with Crippen molar-refractivity contribution in [1.29, 1.82) is 0 Å². The lowest BCUT2D eigenvalue weighted by molar-refractivity contribution is -0.0590. The Bertz CT molecular complexity index is 385. The molecule has 4 rings (SSSR count). The lowest BCUT2D eigenvalue weighted by atomic mass is 9.95. The fourth-order valence-electron chi connectivity index (χ4n) is 5.01. The maximum Gasteiger partial charge on any atom is 0.0710 e. The van der Waals surface area contributed by atoms with Crippen LogP contribution < -0.4 is 5.32 Å². The van der Waals surface area contributed by atoms with Crippen molar-refractivity contribution >= 4 is 0 Å². The fraction of sp³-hybridized carbons (Fsp3) is 1.00. The summed E-state index contributed by atoms with van der Waals surface area (Å²) in [6.45, 7) is 8.22. The Balaban J connectivity index is 1.39.